The summed E-state index contributed by atoms with van der Waals surface area (Å²) in [5.74, 6) is 0.498. The number of rotatable bonds is 7. The molecule has 3 N–H and O–H groups in total. The van der Waals surface area contributed by atoms with Crippen LogP contribution in [0.1, 0.15) is 13.3 Å². The molecule has 1 heterocycles. The predicted molar refractivity (Wildman–Crippen MR) is 73.8 cm³/mol. The lowest BCUT2D eigenvalue weighted by atomic mass is 10.3. The molecule has 0 saturated carbocycles. The lowest BCUT2D eigenvalue weighted by molar-refractivity contribution is -0.121. The molecule has 0 bridgehead atoms. The van der Waals surface area contributed by atoms with Gasteiger partial charge in [-0.2, -0.15) is 0 Å². The van der Waals surface area contributed by atoms with Crippen molar-refractivity contribution in [1.29, 1.82) is 0 Å². The van der Waals surface area contributed by atoms with Crippen molar-refractivity contribution in [2.75, 3.05) is 12.3 Å². The number of nitrogens with two attached hydrogens (primary N) is 1. The van der Waals surface area contributed by atoms with E-state index >= 15 is 0 Å². The second kappa shape index (κ2) is 8.38. The third-order valence-corrected chi connectivity index (χ3v) is 4.22. The second-order valence-electron chi connectivity index (χ2n) is 3.43. The van der Waals surface area contributed by atoms with E-state index in [2.05, 4.69) is 10.3 Å². The molecule has 1 atom stereocenters. The van der Waals surface area contributed by atoms with Crippen LogP contribution in [0.15, 0.2) is 29.4 Å². The van der Waals surface area contributed by atoms with E-state index in [9.17, 15) is 4.79 Å². The minimum absolute atomic E-state index is 0.0824. The Hall–Kier alpha value is -0.720. The van der Waals surface area contributed by atoms with Gasteiger partial charge in [-0.1, -0.05) is 23.8 Å². The van der Waals surface area contributed by atoms with E-state index in [-0.39, 0.29) is 5.91 Å². The van der Waals surface area contributed by atoms with Crippen molar-refractivity contribution < 1.29 is 4.79 Å². The van der Waals surface area contributed by atoms with Gasteiger partial charge in [0.15, 0.2) is 0 Å². The van der Waals surface area contributed by atoms with Crippen LogP contribution in [0.5, 0.6) is 0 Å². The zero-order chi connectivity index (χ0) is 12.5. The first-order valence-electron chi connectivity index (χ1n) is 5.47. The molecule has 17 heavy (non-hydrogen) atoms. The molecule has 0 radical (unpaired) electrons. The highest BCUT2D eigenvalue weighted by Crippen LogP contribution is 2.28. The number of hydrogen-bond donors (Lipinski definition) is 2. The van der Waals surface area contributed by atoms with Gasteiger partial charge in [-0.05, 0) is 29.3 Å². The van der Waals surface area contributed by atoms with E-state index in [1.807, 2.05) is 25.1 Å². The highest BCUT2D eigenvalue weighted by atomic mass is 33.1. The summed E-state index contributed by atoms with van der Waals surface area (Å²) in [5.41, 5.74) is 5.76. The van der Waals surface area contributed by atoms with Crippen molar-refractivity contribution in [2.24, 2.45) is 5.73 Å². The van der Waals surface area contributed by atoms with Gasteiger partial charge in [0.25, 0.3) is 0 Å². The standard InChI is InChI=1S/C11H17N3OS2/c1-2-6-14-11(15)9(12)8-16-17-10-5-3-4-7-13-10/h3-5,7,9H,2,6,8,12H2,1H3,(H,14,15). The Morgan fingerprint density at radius 2 is 2.41 bits per heavy atom. The highest BCUT2D eigenvalue weighted by Gasteiger charge is 2.12. The van der Waals surface area contributed by atoms with Crippen molar-refractivity contribution in [3.05, 3.63) is 24.4 Å². The van der Waals surface area contributed by atoms with Gasteiger partial charge >= 0.3 is 0 Å². The van der Waals surface area contributed by atoms with Gasteiger partial charge in [0.05, 0.1) is 6.04 Å². The smallest absolute Gasteiger partial charge is 0.237 e. The number of pyridine rings is 1. The largest absolute Gasteiger partial charge is 0.355 e. The third kappa shape index (κ3) is 5.95. The molecule has 4 nitrogen and oxygen atoms in total. The molecular weight excluding hydrogens is 254 g/mol. The number of hydrogen-bond acceptors (Lipinski definition) is 5. The van der Waals surface area contributed by atoms with Crippen LogP contribution in [-0.2, 0) is 4.79 Å². The number of amides is 1. The Morgan fingerprint density at radius 3 is 3.06 bits per heavy atom. The summed E-state index contributed by atoms with van der Waals surface area (Å²) in [7, 11) is 3.08. The van der Waals surface area contributed by atoms with Crippen molar-refractivity contribution in [1.82, 2.24) is 10.3 Å². The first-order chi connectivity index (χ1) is 8.24. The van der Waals surface area contributed by atoms with Gasteiger partial charge in [0.1, 0.15) is 5.03 Å². The number of nitrogens with zero attached hydrogens (tertiary/aromatic N) is 1. The van der Waals surface area contributed by atoms with Gasteiger partial charge in [-0.3, -0.25) is 4.79 Å². The van der Waals surface area contributed by atoms with E-state index in [4.69, 9.17) is 5.73 Å². The molecule has 0 aromatic carbocycles. The van der Waals surface area contributed by atoms with Gasteiger partial charge < -0.3 is 11.1 Å². The molecular formula is C11H17N3OS2. The first kappa shape index (κ1) is 14.3. The normalized spacial score (nSPS) is 12.1. The Morgan fingerprint density at radius 1 is 1.59 bits per heavy atom. The maximum atomic E-state index is 11.5. The molecule has 0 aliphatic carbocycles. The quantitative estimate of drug-likeness (QED) is 0.738. The van der Waals surface area contributed by atoms with Gasteiger partial charge in [0, 0.05) is 18.5 Å². The maximum absolute atomic E-state index is 11.5. The fourth-order valence-electron chi connectivity index (χ4n) is 1.02. The Bertz CT molecular complexity index is 335. The lowest BCUT2D eigenvalue weighted by Gasteiger charge is -2.10. The summed E-state index contributed by atoms with van der Waals surface area (Å²) < 4.78 is 0. The van der Waals surface area contributed by atoms with Crippen LogP contribution in [-0.4, -0.2) is 29.2 Å². The molecule has 1 rings (SSSR count). The van der Waals surface area contributed by atoms with E-state index in [1.54, 1.807) is 17.0 Å². The maximum Gasteiger partial charge on any atom is 0.237 e. The van der Waals surface area contributed by atoms with Crippen molar-refractivity contribution in [2.45, 2.75) is 24.4 Å². The average molecular weight is 271 g/mol. The molecule has 0 saturated heterocycles. The number of nitrogens with one attached hydrogen (secondary N) is 1. The Balaban J connectivity index is 2.20. The zero-order valence-corrected chi connectivity index (χ0v) is 11.4. The minimum Gasteiger partial charge on any atom is -0.355 e. The fourth-order valence-corrected chi connectivity index (χ4v) is 3.05. The first-order valence-corrected chi connectivity index (χ1v) is 7.79. The molecule has 0 aliphatic heterocycles. The molecule has 1 aromatic rings. The summed E-state index contributed by atoms with van der Waals surface area (Å²) in [6.45, 7) is 2.70. The van der Waals surface area contributed by atoms with Crippen molar-refractivity contribution >= 4 is 27.5 Å². The molecule has 94 valence electrons. The molecule has 1 unspecified atom stereocenters. The summed E-state index contributed by atoms with van der Waals surface area (Å²) >= 11 is 0. The van der Waals surface area contributed by atoms with Gasteiger partial charge in [-0.15, -0.1) is 0 Å². The molecule has 6 heteroatoms. The van der Waals surface area contributed by atoms with E-state index < -0.39 is 6.04 Å². The number of carbonyl (C=O) groups excluding carboxylic acids is 1. The van der Waals surface area contributed by atoms with Crippen LogP contribution in [0, 0.1) is 0 Å². The highest BCUT2D eigenvalue weighted by molar-refractivity contribution is 8.76. The predicted octanol–water partition coefficient (Wildman–Crippen LogP) is 1.68. The van der Waals surface area contributed by atoms with E-state index in [1.165, 1.54) is 10.8 Å². The molecule has 0 fully saturated rings. The summed E-state index contributed by atoms with van der Waals surface area (Å²) in [5, 5.41) is 3.71. The second-order valence-corrected chi connectivity index (χ2v) is 5.79. The van der Waals surface area contributed by atoms with Gasteiger partial charge in [-0.25, -0.2) is 4.98 Å². The molecule has 0 spiro atoms. The summed E-state index contributed by atoms with van der Waals surface area (Å²) in [6.07, 6.45) is 2.67. The minimum atomic E-state index is -0.456. The molecule has 1 amide bonds. The molecule has 1 aromatic heterocycles. The fraction of sp³-hybridized carbons (Fsp3) is 0.455. The summed E-state index contributed by atoms with van der Waals surface area (Å²) in [6, 6.07) is 5.28. The monoisotopic (exact) mass is 271 g/mol. The average Bonchev–Trinajstić information content (AvgIpc) is 2.37. The SMILES string of the molecule is CCCNC(=O)C(N)CSSc1ccccn1. The van der Waals surface area contributed by atoms with E-state index in [0.29, 0.717) is 12.3 Å². The van der Waals surface area contributed by atoms with Crippen LogP contribution >= 0.6 is 21.6 Å². The van der Waals surface area contributed by atoms with Crippen molar-refractivity contribution in [3.8, 4) is 0 Å². The van der Waals surface area contributed by atoms with Crippen LogP contribution in [0.25, 0.3) is 0 Å². The van der Waals surface area contributed by atoms with E-state index in [0.717, 1.165) is 11.4 Å². The van der Waals surface area contributed by atoms with Crippen molar-refractivity contribution in [3.63, 3.8) is 0 Å². The Labute approximate surface area is 110 Å². The topological polar surface area (TPSA) is 68.0 Å². The number of carbonyl (C=O) groups is 1. The molecule has 0 aliphatic rings. The summed E-state index contributed by atoms with van der Waals surface area (Å²) in [4.78, 5) is 15.6. The van der Waals surface area contributed by atoms with Crippen LogP contribution in [0.2, 0.25) is 0 Å². The van der Waals surface area contributed by atoms with Crippen LogP contribution in [0.4, 0.5) is 0 Å². The van der Waals surface area contributed by atoms with Gasteiger partial charge in [0.2, 0.25) is 5.91 Å². The number of aromatic nitrogens is 1. The third-order valence-electron chi connectivity index (χ3n) is 1.92. The Kier molecular flexibility index (Phi) is 7.07. The van der Waals surface area contributed by atoms with Crippen LogP contribution < -0.4 is 11.1 Å². The zero-order valence-electron chi connectivity index (χ0n) is 9.76. The lowest BCUT2D eigenvalue weighted by Crippen LogP contribution is -2.42. The van der Waals surface area contributed by atoms with Crippen LogP contribution in [0.3, 0.4) is 0 Å².